The van der Waals surface area contributed by atoms with Crippen LogP contribution < -0.4 is 0 Å². The molecule has 1 N–H and O–H groups in total. The first-order valence-corrected chi connectivity index (χ1v) is 4.10. The molecule has 0 radical (unpaired) electrons. The summed E-state index contributed by atoms with van der Waals surface area (Å²) < 4.78 is 0. The van der Waals surface area contributed by atoms with E-state index in [9.17, 15) is 10.1 Å². The van der Waals surface area contributed by atoms with Crippen molar-refractivity contribution in [3.05, 3.63) is 45.0 Å². The van der Waals surface area contributed by atoms with Gasteiger partial charge in [-0.3, -0.25) is 10.1 Å². The largest absolute Gasteiger partial charge is 0.410 e. The van der Waals surface area contributed by atoms with Crippen molar-refractivity contribution in [3.8, 4) is 0 Å². The number of halogens is 1. The Morgan fingerprint density at radius 2 is 2.36 bits per heavy atom. The average Bonchev–Trinajstić information content (AvgIpc) is 2.14. The zero-order valence-electron chi connectivity index (χ0n) is 7.05. The maximum atomic E-state index is 10.2. The van der Waals surface area contributed by atoms with Gasteiger partial charge in [0, 0.05) is 15.5 Å². The summed E-state index contributed by atoms with van der Waals surface area (Å²) in [6, 6.07) is 6.35. The molecular weight excluding hydrogens is 208 g/mol. The number of hydrogen-bond acceptors (Lipinski definition) is 4. The van der Waals surface area contributed by atoms with Crippen molar-refractivity contribution in [2.75, 3.05) is 6.54 Å². The van der Waals surface area contributed by atoms with Crippen LogP contribution in [0.4, 0.5) is 0 Å². The minimum atomic E-state index is -0.573. The van der Waals surface area contributed by atoms with Crippen molar-refractivity contribution < 1.29 is 10.1 Å². The molecule has 0 bridgehead atoms. The molecule has 0 amide bonds. The molecule has 5 nitrogen and oxygen atoms in total. The Labute approximate surface area is 84.8 Å². The molecule has 1 aromatic carbocycles. The minimum absolute atomic E-state index is 0.0162. The van der Waals surface area contributed by atoms with E-state index < -0.39 is 11.5 Å². The van der Waals surface area contributed by atoms with Crippen molar-refractivity contribution in [3.63, 3.8) is 0 Å². The van der Waals surface area contributed by atoms with Gasteiger partial charge in [0.2, 0.25) is 6.54 Å². The predicted octanol–water partition coefficient (Wildman–Crippen LogP) is 1.79. The van der Waals surface area contributed by atoms with E-state index in [1.54, 1.807) is 18.2 Å². The first kappa shape index (κ1) is 10.5. The maximum Gasteiger partial charge on any atom is 0.249 e. The highest BCUT2D eigenvalue weighted by Crippen LogP contribution is 2.11. The second kappa shape index (κ2) is 4.57. The Morgan fingerprint density at radius 3 is 2.86 bits per heavy atom. The van der Waals surface area contributed by atoms with Gasteiger partial charge in [-0.05, 0) is 12.1 Å². The summed E-state index contributed by atoms with van der Waals surface area (Å²) in [7, 11) is 0. The van der Waals surface area contributed by atoms with E-state index in [4.69, 9.17) is 16.8 Å². The first-order valence-electron chi connectivity index (χ1n) is 3.72. The number of oxime groups is 1. The van der Waals surface area contributed by atoms with Gasteiger partial charge in [-0.2, -0.15) is 0 Å². The Hall–Kier alpha value is -1.62. The molecule has 0 fully saturated rings. The van der Waals surface area contributed by atoms with Crippen molar-refractivity contribution in [1.82, 2.24) is 0 Å². The second-order valence-electron chi connectivity index (χ2n) is 2.55. The van der Waals surface area contributed by atoms with Crippen molar-refractivity contribution in [2.24, 2.45) is 5.16 Å². The van der Waals surface area contributed by atoms with E-state index in [1.165, 1.54) is 6.07 Å². The summed E-state index contributed by atoms with van der Waals surface area (Å²) in [5.41, 5.74) is 0.425. The number of nitrogens with zero attached hydrogens (tertiary/aromatic N) is 2. The highest BCUT2D eigenvalue weighted by Gasteiger charge is 2.11. The molecule has 0 aromatic heterocycles. The van der Waals surface area contributed by atoms with E-state index >= 15 is 0 Å². The molecule has 0 saturated heterocycles. The van der Waals surface area contributed by atoms with Gasteiger partial charge in [0.05, 0.1) is 0 Å². The molecule has 74 valence electrons. The van der Waals surface area contributed by atoms with Gasteiger partial charge in [-0.15, -0.1) is 0 Å². The number of benzene rings is 1. The normalized spacial score (nSPS) is 11.4. The third kappa shape index (κ3) is 2.70. The van der Waals surface area contributed by atoms with E-state index in [2.05, 4.69) is 5.16 Å². The van der Waals surface area contributed by atoms with Gasteiger partial charge < -0.3 is 5.21 Å². The smallest absolute Gasteiger partial charge is 0.249 e. The van der Waals surface area contributed by atoms with Crippen LogP contribution in [-0.2, 0) is 0 Å². The molecule has 1 rings (SSSR count). The Balaban J connectivity index is 2.96. The fourth-order valence-corrected chi connectivity index (χ4v) is 1.16. The fraction of sp³-hybridized carbons (Fsp3) is 0.125. The lowest BCUT2D eigenvalue weighted by molar-refractivity contribution is -0.463. The van der Waals surface area contributed by atoms with Gasteiger partial charge in [0.1, 0.15) is 0 Å². The highest BCUT2D eigenvalue weighted by molar-refractivity contribution is 6.31. The van der Waals surface area contributed by atoms with Crippen LogP contribution in [0, 0.1) is 10.1 Å². The van der Waals surface area contributed by atoms with E-state index in [0.717, 1.165) is 0 Å². The predicted molar refractivity (Wildman–Crippen MR) is 51.6 cm³/mol. The van der Waals surface area contributed by atoms with Crippen molar-refractivity contribution >= 4 is 17.3 Å². The van der Waals surface area contributed by atoms with Crippen LogP contribution in [0.5, 0.6) is 0 Å². The van der Waals surface area contributed by atoms with E-state index in [-0.39, 0.29) is 5.71 Å². The summed E-state index contributed by atoms with van der Waals surface area (Å²) in [6.45, 7) is -0.531. The Kier molecular flexibility index (Phi) is 3.41. The van der Waals surface area contributed by atoms with Gasteiger partial charge in [-0.25, -0.2) is 0 Å². The molecule has 0 aliphatic rings. The summed E-state index contributed by atoms with van der Waals surface area (Å²) >= 11 is 5.68. The van der Waals surface area contributed by atoms with Crippen LogP contribution in [0.3, 0.4) is 0 Å². The maximum absolute atomic E-state index is 10.2. The lowest BCUT2D eigenvalue weighted by Crippen LogP contribution is -2.15. The van der Waals surface area contributed by atoms with Crippen LogP contribution in [0.15, 0.2) is 29.4 Å². The van der Waals surface area contributed by atoms with Crippen LogP contribution >= 0.6 is 11.6 Å². The summed E-state index contributed by atoms with van der Waals surface area (Å²) in [6.07, 6.45) is 0. The molecule has 6 heteroatoms. The lowest BCUT2D eigenvalue weighted by Gasteiger charge is -1.99. The summed E-state index contributed by atoms with van der Waals surface area (Å²) in [4.78, 5) is 9.63. The molecule has 14 heavy (non-hydrogen) atoms. The van der Waals surface area contributed by atoms with Gasteiger partial charge in [0.25, 0.3) is 0 Å². The van der Waals surface area contributed by atoms with Crippen LogP contribution in [0.2, 0.25) is 5.02 Å². The average molecular weight is 215 g/mol. The van der Waals surface area contributed by atoms with Gasteiger partial charge in [-0.1, -0.05) is 28.9 Å². The zero-order chi connectivity index (χ0) is 10.6. The van der Waals surface area contributed by atoms with Crippen LogP contribution in [-0.4, -0.2) is 22.4 Å². The highest BCUT2D eigenvalue weighted by atomic mass is 35.5. The molecular formula is C8H7ClN2O3. The van der Waals surface area contributed by atoms with Crippen LogP contribution in [0.1, 0.15) is 5.56 Å². The monoisotopic (exact) mass is 214 g/mol. The number of rotatable bonds is 3. The Morgan fingerprint density at radius 1 is 1.64 bits per heavy atom. The van der Waals surface area contributed by atoms with E-state index in [0.29, 0.717) is 10.6 Å². The first-order chi connectivity index (χ1) is 6.63. The fourth-order valence-electron chi connectivity index (χ4n) is 0.971. The molecule has 0 saturated carbocycles. The number of hydrogen-bond donors (Lipinski definition) is 1. The molecule has 0 aliphatic heterocycles. The lowest BCUT2D eigenvalue weighted by atomic mass is 10.1. The van der Waals surface area contributed by atoms with E-state index in [1.807, 2.05) is 0 Å². The third-order valence-corrected chi connectivity index (χ3v) is 1.79. The Bertz CT molecular complexity index is 379. The minimum Gasteiger partial charge on any atom is -0.410 e. The molecule has 0 heterocycles. The molecule has 0 unspecified atom stereocenters. The zero-order valence-corrected chi connectivity index (χ0v) is 7.81. The van der Waals surface area contributed by atoms with Crippen LogP contribution in [0.25, 0.3) is 0 Å². The van der Waals surface area contributed by atoms with Crippen molar-refractivity contribution in [1.29, 1.82) is 0 Å². The summed E-state index contributed by atoms with van der Waals surface area (Å²) in [5, 5.41) is 22.1. The van der Waals surface area contributed by atoms with Gasteiger partial charge in [0.15, 0.2) is 5.71 Å². The topological polar surface area (TPSA) is 75.7 Å². The second-order valence-corrected chi connectivity index (χ2v) is 2.98. The molecule has 0 atom stereocenters. The standard InChI is InChI=1S/C8H7ClN2O3/c9-7-3-1-2-6(4-7)8(10-12)5-11(13)14/h1-4,12H,5H2. The summed E-state index contributed by atoms with van der Waals surface area (Å²) in [5.74, 6) is 0. The van der Waals surface area contributed by atoms with Gasteiger partial charge >= 0.3 is 0 Å². The molecule has 0 aliphatic carbocycles. The third-order valence-electron chi connectivity index (χ3n) is 1.56. The molecule has 0 spiro atoms. The van der Waals surface area contributed by atoms with Crippen molar-refractivity contribution in [2.45, 2.75) is 0 Å². The number of nitro groups is 1. The SMILES string of the molecule is O=[N+]([O-])CC(=NO)c1cccc(Cl)c1. The quantitative estimate of drug-likeness (QED) is 0.361. The molecule has 1 aromatic rings.